The van der Waals surface area contributed by atoms with Gasteiger partial charge in [0.25, 0.3) is 0 Å². The van der Waals surface area contributed by atoms with Crippen LogP contribution in [-0.2, 0) is 9.53 Å². The average molecular weight is 249 g/mol. The predicted octanol–water partition coefficient (Wildman–Crippen LogP) is 1.36. The van der Waals surface area contributed by atoms with Crippen LogP contribution in [0.1, 0.15) is 18.4 Å². The van der Waals surface area contributed by atoms with Crippen molar-refractivity contribution in [3.8, 4) is 0 Å². The van der Waals surface area contributed by atoms with E-state index in [1.807, 2.05) is 13.0 Å². The van der Waals surface area contributed by atoms with Gasteiger partial charge in [0, 0.05) is 13.1 Å². The number of methoxy groups -OCH3 is 1. The maximum absolute atomic E-state index is 11.4. The summed E-state index contributed by atoms with van der Waals surface area (Å²) in [5.41, 5.74) is 7.77. The second-order valence-electron chi connectivity index (χ2n) is 4.68. The standard InChI is InChI=1S/C13H19N3O2/c1-9-7-11(8-15-12(9)14)16-5-3-10(4-6-16)13(17)18-2/h7-8,10H,3-6H2,1-2H3,(H2,14,15). The van der Waals surface area contributed by atoms with Gasteiger partial charge in [-0.3, -0.25) is 4.79 Å². The van der Waals surface area contributed by atoms with Crippen LogP contribution in [0.5, 0.6) is 0 Å². The third-order valence-corrected chi connectivity index (χ3v) is 3.50. The van der Waals surface area contributed by atoms with E-state index in [1.165, 1.54) is 7.11 Å². The van der Waals surface area contributed by atoms with Gasteiger partial charge < -0.3 is 15.4 Å². The van der Waals surface area contributed by atoms with Crippen LogP contribution in [0, 0.1) is 12.8 Å². The lowest BCUT2D eigenvalue weighted by molar-refractivity contribution is -0.146. The number of aryl methyl sites for hydroxylation is 1. The fourth-order valence-electron chi connectivity index (χ4n) is 2.28. The van der Waals surface area contributed by atoms with Crippen molar-refractivity contribution in [3.05, 3.63) is 17.8 Å². The molecule has 1 fully saturated rings. The van der Waals surface area contributed by atoms with E-state index < -0.39 is 0 Å². The van der Waals surface area contributed by atoms with Crippen LogP contribution in [-0.4, -0.2) is 31.2 Å². The number of pyridine rings is 1. The summed E-state index contributed by atoms with van der Waals surface area (Å²) in [7, 11) is 1.45. The number of hydrogen-bond donors (Lipinski definition) is 1. The Labute approximate surface area is 107 Å². The smallest absolute Gasteiger partial charge is 0.308 e. The molecule has 2 heterocycles. The molecular formula is C13H19N3O2. The first-order valence-electron chi connectivity index (χ1n) is 6.16. The van der Waals surface area contributed by atoms with Crippen molar-refractivity contribution in [1.29, 1.82) is 0 Å². The minimum atomic E-state index is -0.0961. The molecule has 0 unspecified atom stereocenters. The van der Waals surface area contributed by atoms with Crippen molar-refractivity contribution in [2.24, 2.45) is 5.92 Å². The number of aromatic nitrogens is 1. The molecule has 2 rings (SSSR count). The average Bonchev–Trinajstić information content (AvgIpc) is 2.41. The third kappa shape index (κ3) is 2.55. The lowest BCUT2D eigenvalue weighted by Crippen LogP contribution is -2.36. The minimum Gasteiger partial charge on any atom is -0.469 e. The quantitative estimate of drug-likeness (QED) is 0.801. The molecule has 0 atom stereocenters. The molecule has 5 heteroatoms. The van der Waals surface area contributed by atoms with E-state index in [-0.39, 0.29) is 11.9 Å². The molecule has 98 valence electrons. The van der Waals surface area contributed by atoms with Crippen LogP contribution in [0.15, 0.2) is 12.3 Å². The van der Waals surface area contributed by atoms with Crippen LogP contribution in [0.4, 0.5) is 11.5 Å². The molecule has 0 aromatic carbocycles. The van der Waals surface area contributed by atoms with Crippen molar-refractivity contribution in [2.45, 2.75) is 19.8 Å². The molecule has 0 radical (unpaired) electrons. The van der Waals surface area contributed by atoms with Gasteiger partial charge >= 0.3 is 5.97 Å². The van der Waals surface area contributed by atoms with Crippen LogP contribution in [0.2, 0.25) is 0 Å². The highest BCUT2D eigenvalue weighted by atomic mass is 16.5. The first-order chi connectivity index (χ1) is 8.61. The summed E-state index contributed by atoms with van der Waals surface area (Å²) in [5.74, 6) is 0.513. The van der Waals surface area contributed by atoms with Crippen LogP contribution < -0.4 is 10.6 Å². The molecule has 0 saturated carbocycles. The normalized spacial score (nSPS) is 16.7. The van der Waals surface area contributed by atoms with Gasteiger partial charge in [0.15, 0.2) is 0 Å². The Morgan fingerprint density at radius 1 is 1.50 bits per heavy atom. The van der Waals surface area contributed by atoms with Gasteiger partial charge in [0.05, 0.1) is 24.9 Å². The first kappa shape index (κ1) is 12.7. The Kier molecular flexibility index (Phi) is 3.69. The third-order valence-electron chi connectivity index (χ3n) is 3.50. The van der Waals surface area contributed by atoms with Gasteiger partial charge in [-0.2, -0.15) is 0 Å². The molecule has 1 aliphatic rings. The highest BCUT2D eigenvalue weighted by Crippen LogP contribution is 2.25. The molecule has 1 aliphatic heterocycles. The Balaban J connectivity index is 2.01. The lowest BCUT2D eigenvalue weighted by atomic mass is 9.96. The van der Waals surface area contributed by atoms with Gasteiger partial charge in [-0.15, -0.1) is 0 Å². The van der Waals surface area contributed by atoms with E-state index in [0.717, 1.165) is 37.2 Å². The molecule has 0 bridgehead atoms. The summed E-state index contributed by atoms with van der Waals surface area (Å²) < 4.78 is 4.78. The topological polar surface area (TPSA) is 68.5 Å². The molecule has 18 heavy (non-hydrogen) atoms. The second kappa shape index (κ2) is 5.25. The molecule has 0 aliphatic carbocycles. The SMILES string of the molecule is COC(=O)C1CCN(c2cnc(N)c(C)c2)CC1. The van der Waals surface area contributed by atoms with Crippen LogP contribution in [0.3, 0.4) is 0 Å². The number of ether oxygens (including phenoxy) is 1. The summed E-state index contributed by atoms with van der Waals surface area (Å²) in [4.78, 5) is 17.8. The van der Waals surface area contributed by atoms with Gasteiger partial charge in [0.1, 0.15) is 5.82 Å². The van der Waals surface area contributed by atoms with Crippen molar-refractivity contribution in [1.82, 2.24) is 4.98 Å². The number of carbonyl (C=O) groups excluding carboxylic acids is 1. The van der Waals surface area contributed by atoms with Gasteiger partial charge in [-0.1, -0.05) is 0 Å². The zero-order valence-corrected chi connectivity index (χ0v) is 10.8. The molecule has 1 saturated heterocycles. The fourth-order valence-corrected chi connectivity index (χ4v) is 2.28. The largest absolute Gasteiger partial charge is 0.469 e. The number of hydrogen-bond acceptors (Lipinski definition) is 5. The van der Waals surface area contributed by atoms with Crippen molar-refractivity contribution < 1.29 is 9.53 Å². The summed E-state index contributed by atoms with van der Waals surface area (Å²) in [6.07, 6.45) is 3.45. The molecule has 0 spiro atoms. The number of nitrogens with zero attached hydrogens (tertiary/aromatic N) is 2. The number of rotatable bonds is 2. The Morgan fingerprint density at radius 2 is 2.17 bits per heavy atom. The van der Waals surface area contributed by atoms with Crippen LogP contribution >= 0.6 is 0 Å². The maximum atomic E-state index is 11.4. The fraction of sp³-hybridized carbons (Fsp3) is 0.538. The van der Waals surface area contributed by atoms with Crippen LogP contribution in [0.25, 0.3) is 0 Å². The zero-order chi connectivity index (χ0) is 13.1. The van der Waals surface area contributed by atoms with E-state index in [4.69, 9.17) is 10.5 Å². The lowest BCUT2D eigenvalue weighted by Gasteiger charge is -2.32. The summed E-state index contributed by atoms with van der Waals surface area (Å²) >= 11 is 0. The van der Waals surface area contributed by atoms with E-state index >= 15 is 0 Å². The van der Waals surface area contributed by atoms with E-state index in [0.29, 0.717) is 5.82 Å². The summed E-state index contributed by atoms with van der Waals surface area (Å²) in [6.45, 7) is 3.66. The molecule has 5 nitrogen and oxygen atoms in total. The Hall–Kier alpha value is -1.78. The highest BCUT2D eigenvalue weighted by Gasteiger charge is 2.25. The number of esters is 1. The van der Waals surface area contributed by atoms with Crippen molar-refractivity contribution in [3.63, 3.8) is 0 Å². The Morgan fingerprint density at radius 3 is 2.72 bits per heavy atom. The first-order valence-corrected chi connectivity index (χ1v) is 6.16. The number of nitrogens with two attached hydrogens (primary N) is 1. The van der Waals surface area contributed by atoms with E-state index in [9.17, 15) is 4.79 Å². The molecule has 1 aromatic rings. The summed E-state index contributed by atoms with van der Waals surface area (Å²) in [6, 6.07) is 2.04. The number of piperidine rings is 1. The van der Waals surface area contributed by atoms with Gasteiger partial charge in [-0.05, 0) is 31.4 Å². The zero-order valence-electron chi connectivity index (χ0n) is 10.8. The second-order valence-corrected chi connectivity index (χ2v) is 4.68. The number of nitrogen functional groups attached to an aromatic ring is 1. The van der Waals surface area contributed by atoms with E-state index in [2.05, 4.69) is 9.88 Å². The van der Waals surface area contributed by atoms with Crippen molar-refractivity contribution >= 4 is 17.5 Å². The van der Waals surface area contributed by atoms with Gasteiger partial charge in [-0.25, -0.2) is 4.98 Å². The molecule has 1 aromatic heterocycles. The molecule has 2 N–H and O–H groups in total. The molecular weight excluding hydrogens is 230 g/mol. The van der Waals surface area contributed by atoms with Crippen molar-refractivity contribution in [2.75, 3.05) is 30.8 Å². The minimum absolute atomic E-state index is 0.0362. The predicted molar refractivity (Wildman–Crippen MR) is 70.3 cm³/mol. The maximum Gasteiger partial charge on any atom is 0.308 e. The summed E-state index contributed by atoms with van der Waals surface area (Å²) in [5, 5.41) is 0. The number of anilines is 2. The highest BCUT2D eigenvalue weighted by molar-refractivity contribution is 5.72. The monoisotopic (exact) mass is 249 g/mol. The number of carbonyl (C=O) groups is 1. The Bertz CT molecular complexity index is 440. The van der Waals surface area contributed by atoms with E-state index in [1.54, 1.807) is 6.20 Å². The van der Waals surface area contributed by atoms with Gasteiger partial charge in [0.2, 0.25) is 0 Å². The molecule has 0 amide bonds.